The van der Waals surface area contributed by atoms with Crippen LogP contribution in [0.3, 0.4) is 0 Å². The van der Waals surface area contributed by atoms with Gasteiger partial charge in [0.2, 0.25) is 0 Å². The third-order valence-corrected chi connectivity index (χ3v) is 3.68. The Balaban J connectivity index is 2.07. The molecule has 0 saturated heterocycles. The molecule has 108 valence electrons. The Kier molecular flexibility index (Phi) is 3.92. The van der Waals surface area contributed by atoms with Crippen LogP contribution in [0.4, 0.5) is 14.9 Å². The van der Waals surface area contributed by atoms with Crippen molar-refractivity contribution in [2.75, 3.05) is 12.4 Å². The molecule has 2 N–H and O–H groups in total. The Bertz CT molecular complexity index is 543. The predicted molar refractivity (Wildman–Crippen MR) is 72.3 cm³/mol. The van der Waals surface area contributed by atoms with Crippen molar-refractivity contribution < 1.29 is 19.1 Å². The number of carboxylic acids is 1. The summed E-state index contributed by atoms with van der Waals surface area (Å²) in [7, 11) is 1.69. The first kappa shape index (κ1) is 14.3. The quantitative estimate of drug-likeness (QED) is 0.891. The fourth-order valence-electron chi connectivity index (χ4n) is 2.06. The molecule has 0 radical (unpaired) electrons. The topological polar surface area (TPSA) is 69.6 Å². The molecule has 20 heavy (non-hydrogen) atoms. The molecular weight excluding hydrogens is 263 g/mol. The van der Waals surface area contributed by atoms with Crippen LogP contribution in [0.25, 0.3) is 0 Å². The zero-order valence-corrected chi connectivity index (χ0v) is 11.4. The summed E-state index contributed by atoms with van der Waals surface area (Å²) in [6.45, 7) is 1.98. The van der Waals surface area contributed by atoms with Gasteiger partial charge in [-0.05, 0) is 43.9 Å². The second kappa shape index (κ2) is 5.48. The molecule has 2 rings (SSSR count). The van der Waals surface area contributed by atoms with Crippen molar-refractivity contribution in [1.29, 1.82) is 0 Å². The smallest absolute Gasteiger partial charge is 0.338 e. The van der Waals surface area contributed by atoms with E-state index in [0.717, 1.165) is 25.0 Å². The lowest BCUT2D eigenvalue weighted by atomic mass is 10.2. The number of carbonyl (C=O) groups is 2. The molecule has 0 aliphatic heterocycles. The van der Waals surface area contributed by atoms with Gasteiger partial charge in [0.05, 0.1) is 5.56 Å². The highest BCUT2D eigenvalue weighted by Gasteiger charge is 2.32. The largest absolute Gasteiger partial charge is 0.478 e. The zero-order chi connectivity index (χ0) is 14.9. The highest BCUT2D eigenvalue weighted by molar-refractivity contribution is 5.93. The number of carbonyl (C=O) groups excluding carboxylic acids is 1. The molecule has 1 fully saturated rings. The predicted octanol–water partition coefficient (Wildman–Crippen LogP) is 2.79. The number of nitrogens with one attached hydrogen (secondary N) is 1. The van der Waals surface area contributed by atoms with E-state index >= 15 is 0 Å². The number of halogens is 1. The molecule has 0 bridgehead atoms. The number of anilines is 1. The fourth-order valence-corrected chi connectivity index (χ4v) is 2.06. The first-order valence-corrected chi connectivity index (χ1v) is 6.47. The van der Waals surface area contributed by atoms with Crippen molar-refractivity contribution in [2.45, 2.75) is 25.8 Å². The number of amides is 2. The number of hydrogen-bond donors (Lipinski definition) is 2. The third-order valence-electron chi connectivity index (χ3n) is 3.68. The van der Waals surface area contributed by atoms with Crippen LogP contribution in [0.5, 0.6) is 0 Å². The molecule has 1 atom stereocenters. The average Bonchev–Trinajstić information content (AvgIpc) is 3.23. The number of benzene rings is 1. The van der Waals surface area contributed by atoms with Gasteiger partial charge >= 0.3 is 12.0 Å². The van der Waals surface area contributed by atoms with E-state index in [9.17, 15) is 14.0 Å². The van der Waals surface area contributed by atoms with Crippen LogP contribution < -0.4 is 5.32 Å². The third kappa shape index (κ3) is 3.07. The number of aromatic carboxylic acids is 1. The number of nitrogens with zero attached hydrogens (tertiary/aromatic N) is 1. The Morgan fingerprint density at radius 2 is 2.10 bits per heavy atom. The van der Waals surface area contributed by atoms with Gasteiger partial charge in [-0.1, -0.05) is 0 Å². The van der Waals surface area contributed by atoms with Crippen molar-refractivity contribution in [1.82, 2.24) is 4.90 Å². The van der Waals surface area contributed by atoms with Crippen LogP contribution in [0, 0.1) is 11.7 Å². The first-order chi connectivity index (χ1) is 9.40. The molecule has 1 aliphatic carbocycles. The van der Waals surface area contributed by atoms with E-state index in [-0.39, 0.29) is 17.8 Å². The van der Waals surface area contributed by atoms with Gasteiger partial charge in [0.25, 0.3) is 0 Å². The average molecular weight is 280 g/mol. The second-order valence-electron chi connectivity index (χ2n) is 5.12. The molecule has 1 aromatic rings. The minimum Gasteiger partial charge on any atom is -0.478 e. The Morgan fingerprint density at radius 3 is 2.65 bits per heavy atom. The van der Waals surface area contributed by atoms with Crippen LogP contribution >= 0.6 is 0 Å². The van der Waals surface area contributed by atoms with Gasteiger partial charge in [0.15, 0.2) is 0 Å². The van der Waals surface area contributed by atoms with Crippen molar-refractivity contribution in [3.63, 3.8) is 0 Å². The van der Waals surface area contributed by atoms with Crippen molar-refractivity contribution >= 4 is 17.7 Å². The first-order valence-electron chi connectivity index (χ1n) is 6.47. The standard InChI is InChI=1S/C14H17FN2O3/c1-8(9-3-4-9)17(2)14(20)16-10-5-6-12(15)11(7-10)13(18)19/h5-9H,3-4H2,1-2H3,(H,16,20)(H,18,19). The number of rotatable bonds is 4. The summed E-state index contributed by atoms with van der Waals surface area (Å²) in [6.07, 6.45) is 2.25. The molecule has 1 saturated carbocycles. The van der Waals surface area contributed by atoms with Gasteiger partial charge in [-0.3, -0.25) is 0 Å². The highest BCUT2D eigenvalue weighted by Crippen LogP contribution is 2.34. The Hall–Kier alpha value is -2.11. The Labute approximate surface area is 116 Å². The molecule has 1 aliphatic rings. The lowest BCUT2D eigenvalue weighted by molar-refractivity contribution is 0.0692. The van der Waals surface area contributed by atoms with Crippen LogP contribution in [-0.4, -0.2) is 35.1 Å². The lowest BCUT2D eigenvalue weighted by Gasteiger charge is -2.25. The van der Waals surface area contributed by atoms with Gasteiger partial charge in [0, 0.05) is 18.8 Å². The molecule has 1 unspecified atom stereocenters. The summed E-state index contributed by atoms with van der Waals surface area (Å²) in [5, 5.41) is 11.4. The monoisotopic (exact) mass is 280 g/mol. The van der Waals surface area contributed by atoms with Crippen molar-refractivity contribution in [3.05, 3.63) is 29.6 Å². The van der Waals surface area contributed by atoms with Crippen LogP contribution in [-0.2, 0) is 0 Å². The fraction of sp³-hybridized carbons (Fsp3) is 0.429. The highest BCUT2D eigenvalue weighted by atomic mass is 19.1. The van der Waals surface area contributed by atoms with Crippen LogP contribution in [0.2, 0.25) is 0 Å². The molecule has 0 spiro atoms. The van der Waals surface area contributed by atoms with E-state index in [1.165, 1.54) is 6.07 Å². The van der Waals surface area contributed by atoms with E-state index in [0.29, 0.717) is 5.92 Å². The zero-order valence-electron chi connectivity index (χ0n) is 11.4. The Morgan fingerprint density at radius 1 is 1.45 bits per heavy atom. The molecule has 0 aromatic heterocycles. The summed E-state index contributed by atoms with van der Waals surface area (Å²) in [6, 6.07) is 3.30. The maximum absolute atomic E-state index is 13.3. The summed E-state index contributed by atoms with van der Waals surface area (Å²) in [4.78, 5) is 24.4. The summed E-state index contributed by atoms with van der Waals surface area (Å²) in [5.41, 5.74) is -0.190. The summed E-state index contributed by atoms with van der Waals surface area (Å²) < 4.78 is 13.3. The van der Waals surface area contributed by atoms with E-state index in [4.69, 9.17) is 5.11 Å². The normalized spacial score (nSPS) is 15.6. The van der Waals surface area contributed by atoms with E-state index in [1.807, 2.05) is 6.92 Å². The van der Waals surface area contributed by atoms with Crippen LogP contribution in [0.15, 0.2) is 18.2 Å². The second-order valence-corrected chi connectivity index (χ2v) is 5.12. The maximum Gasteiger partial charge on any atom is 0.338 e. The molecular formula is C14H17FN2O3. The molecule has 6 heteroatoms. The number of urea groups is 1. The number of hydrogen-bond acceptors (Lipinski definition) is 2. The lowest BCUT2D eigenvalue weighted by Crippen LogP contribution is -2.39. The van der Waals surface area contributed by atoms with Crippen LogP contribution in [0.1, 0.15) is 30.1 Å². The van der Waals surface area contributed by atoms with Gasteiger partial charge in [-0.25, -0.2) is 14.0 Å². The molecule has 5 nitrogen and oxygen atoms in total. The summed E-state index contributed by atoms with van der Waals surface area (Å²) in [5.74, 6) is -1.65. The molecule has 2 amide bonds. The van der Waals surface area contributed by atoms with Gasteiger partial charge in [0.1, 0.15) is 5.82 Å². The van der Waals surface area contributed by atoms with E-state index < -0.39 is 17.3 Å². The van der Waals surface area contributed by atoms with E-state index in [2.05, 4.69) is 5.32 Å². The minimum absolute atomic E-state index is 0.134. The molecule has 0 heterocycles. The van der Waals surface area contributed by atoms with Gasteiger partial charge in [-0.2, -0.15) is 0 Å². The number of carboxylic acid groups (broad SMARTS) is 1. The molecule has 1 aromatic carbocycles. The minimum atomic E-state index is -1.36. The van der Waals surface area contributed by atoms with E-state index in [1.54, 1.807) is 11.9 Å². The van der Waals surface area contributed by atoms with Gasteiger partial charge < -0.3 is 15.3 Å². The van der Waals surface area contributed by atoms with Crippen molar-refractivity contribution in [2.24, 2.45) is 5.92 Å². The van der Waals surface area contributed by atoms with Gasteiger partial charge in [-0.15, -0.1) is 0 Å². The SMILES string of the molecule is CC(C1CC1)N(C)C(=O)Nc1ccc(F)c(C(=O)O)c1. The maximum atomic E-state index is 13.3. The summed E-state index contributed by atoms with van der Waals surface area (Å²) >= 11 is 0. The van der Waals surface area contributed by atoms with Crippen molar-refractivity contribution in [3.8, 4) is 0 Å².